The minimum Gasteiger partial charge on any atom is -0.384 e. The molecule has 20 heavy (non-hydrogen) atoms. The lowest BCUT2D eigenvalue weighted by Crippen LogP contribution is -2.15. The molecular formula is C12H16N6OS. The van der Waals surface area contributed by atoms with E-state index in [0.29, 0.717) is 11.0 Å². The molecule has 0 aliphatic rings. The van der Waals surface area contributed by atoms with E-state index >= 15 is 0 Å². The molecule has 2 aromatic rings. The maximum atomic E-state index is 11.9. The van der Waals surface area contributed by atoms with E-state index in [0.717, 1.165) is 22.8 Å². The second-order valence-electron chi connectivity index (χ2n) is 4.36. The number of hydrogen-bond donors (Lipinski definition) is 3. The van der Waals surface area contributed by atoms with Crippen molar-refractivity contribution in [3.63, 3.8) is 0 Å². The van der Waals surface area contributed by atoms with Crippen molar-refractivity contribution in [2.45, 2.75) is 25.9 Å². The number of nitrogens with one attached hydrogen (secondary N) is 2. The summed E-state index contributed by atoms with van der Waals surface area (Å²) in [6.07, 6.45) is 0. The van der Waals surface area contributed by atoms with Crippen molar-refractivity contribution in [3.05, 3.63) is 23.1 Å². The third-order valence-corrected chi connectivity index (χ3v) is 3.43. The van der Waals surface area contributed by atoms with Gasteiger partial charge in [0.2, 0.25) is 5.91 Å². The van der Waals surface area contributed by atoms with Gasteiger partial charge in [-0.1, -0.05) is 11.8 Å². The average Bonchev–Trinajstić information content (AvgIpc) is 2.67. The summed E-state index contributed by atoms with van der Waals surface area (Å²) >= 11 is 1.25. The highest BCUT2D eigenvalue weighted by Crippen LogP contribution is 2.18. The van der Waals surface area contributed by atoms with E-state index in [1.807, 2.05) is 20.8 Å². The maximum Gasteiger partial charge on any atom is 0.234 e. The molecule has 0 fully saturated rings. The lowest BCUT2D eigenvalue weighted by Gasteiger charge is -2.05. The lowest BCUT2D eigenvalue weighted by molar-refractivity contribution is -0.113. The van der Waals surface area contributed by atoms with Gasteiger partial charge in [-0.15, -0.1) is 0 Å². The van der Waals surface area contributed by atoms with E-state index in [4.69, 9.17) is 5.73 Å². The number of H-pyrrole nitrogens is 1. The number of nitrogens with two attached hydrogens (primary N) is 1. The number of carbonyl (C=O) groups excluding carboxylic acids is 1. The molecule has 4 N–H and O–H groups in total. The SMILES string of the molecule is Cc1cc(N)nc(SCC(=O)Nc2c(C)n[nH]c2C)n1. The molecule has 0 aliphatic heterocycles. The highest BCUT2D eigenvalue weighted by Gasteiger charge is 2.11. The smallest absolute Gasteiger partial charge is 0.234 e. The summed E-state index contributed by atoms with van der Waals surface area (Å²) in [6.45, 7) is 5.52. The maximum absolute atomic E-state index is 11.9. The zero-order valence-electron chi connectivity index (χ0n) is 11.5. The van der Waals surface area contributed by atoms with Gasteiger partial charge in [0, 0.05) is 11.8 Å². The van der Waals surface area contributed by atoms with Gasteiger partial charge in [-0.25, -0.2) is 9.97 Å². The quantitative estimate of drug-likeness (QED) is 0.581. The molecule has 7 nitrogen and oxygen atoms in total. The average molecular weight is 292 g/mol. The third kappa shape index (κ3) is 3.47. The molecule has 106 valence electrons. The number of anilines is 2. The Balaban J connectivity index is 1.95. The van der Waals surface area contributed by atoms with E-state index in [1.165, 1.54) is 11.8 Å². The largest absolute Gasteiger partial charge is 0.384 e. The Labute approximate surface area is 120 Å². The van der Waals surface area contributed by atoms with Crippen LogP contribution < -0.4 is 11.1 Å². The zero-order valence-corrected chi connectivity index (χ0v) is 12.3. The molecule has 0 radical (unpaired) electrons. The summed E-state index contributed by atoms with van der Waals surface area (Å²) in [5.41, 5.74) is 8.73. The Hall–Kier alpha value is -2.09. The molecule has 2 rings (SSSR count). The molecule has 1 amide bonds. The number of hydrogen-bond acceptors (Lipinski definition) is 6. The summed E-state index contributed by atoms with van der Waals surface area (Å²) in [7, 11) is 0. The van der Waals surface area contributed by atoms with Gasteiger partial charge in [0.15, 0.2) is 5.16 Å². The van der Waals surface area contributed by atoms with Crippen LogP contribution in [-0.4, -0.2) is 31.8 Å². The van der Waals surface area contributed by atoms with Crippen molar-refractivity contribution in [2.24, 2.45) is 0 Å². The summed E-state index contributed by atoms with van der Waals surface area (Å²) in [4.78, 5) is 20.2. The molecule has 2 heterocycles. The molecule has 0 bridgehead atoms. The summed E-state index contributed by atoms with van der Waals surface area (Å²) in [6, 6.07) is 1.68. The van der Waals surface area contributed by atoms with Gasteiger partial charge in [0.05, 0.1) is 22.8 Å². The number of nitrogen functional groups attached to an aromatic ring is 1. The van der Waals surface area contributed by atoms with E-state index in [-0.39, 0.29) is 11.7 Å². The van der Waals surface area contributed by atoms with Gasteiger partial charge in [-0.2, -0.15) is 5.10 Å². The first-order valence-electron chi connectivity index (χ1n) is 6.01. The number of aromatic amines is 1. The molecular weight excluding hydrogens is 276 g/mol. The number of carbonyl (C=O) groups is 1. The van der Waals surface area contributed by atoms with Crippen LogP contribution in [0, 0.1) is 20.8 Å². The highest BCUT2D eigenvalue weighted by molar-refractivity contribution is 7.99. The summed E-state index contributed by atoms with van der Waals surface area (Å²) in [5.74, 6) is 0.487. The Morgan fingerprint density at radius 3 is 2.75 bits per heavy atom. The molecule has 0 saturated heterocycles. The van der Waals surface area contributed by atoms with Crippen molar-refractivity contribution in [1.29, 1.82) is 0 Å². The van der Waals surface area contributed by atoms with Gasteiger partial charge in [0.1, 0.15) is 5.82 Å². The number of thioether (sulfide) groups is 1. The molecule has 0 spiro atoms. The zero-order chi connectivity index (χ0) is 14.7. The molecule has 8 heteroatoms. The van der Waals surface area contributed by atoms with Crippen LogP contribution in [0.4, 0.5) is 11.5 Å². The summed E-state index contributed by atoms with van der Waals surface area (Å²) in [5, 5.41) is 10.2. The van der Waals surface area contributed by atoms with Gasteiger partial charge >= 0.3 is 0 Å². The third-order valence-electron chi connectivity index (χ3n) is 2.58. The van der Waals surface area contributed by atoms with Crippen LogP contribution in [0.25, 0.3) is 0 Å². The van der Waals surface area contributed by atoms with E-state index in [2.05, 4.69) is 25.5 Å². The number of nitrogens with zero attached hydrogens (tertiary/aromatic N) is 3. The first kappa shape index (κ1) is 14.3. The fourth-order valence-electron chi connectivity index (χ4n) is 1.67. The number of aryl methyl sites for hydroxylation is 3. The predicted octanol–water partition coefficient (Wildman–Crippen LogP) is 1.44. The van der Waals surface area contributed by atoms with E-state index in [1.54, 1.807) is 6.07 Å². The number of aromatic nitrogens is 4. The minimum absolute atomic E-state index is 0.133. The van der Waals surface area contributed by atoms with Crippen molar-refractivity contribution < 1.29 is 4.79 Å². The van der Waals surface area contributed by atoms with Crippen molar-refractivity contribution in [1.82, 2.24) is 20.2 Å². The van der Waals surface area contributed by atoms with Crippen molar-refractivity contribution >= 4 is 29.2 Å². The molecule has 0 saturated carbocycles. The Morgan fingerprint density at radius 2 is 2.15 bits per heavy atom. The standard InChI is InChI=1S/C12H16N6OS/c1-6-4-9(13)15-12(14-6)20-5-10(19)16-11-7(2)17-18-8(11)3/h4H,5H2,1-3H3,(H,16,19)(H,17,18)(H2,13,14,15). The molecule has 0 atom stereocenters. The Bertz CT molecular complexity index is 599. The van der Waals surface area contributed by atoms with Gasteiger partial charge in [-0.05, 0) is 20.8 Å². The first-order chi connectivity index (χ1) is 9.45. The first-order valence-corrected chi connectivity index (χ1v) is 6.99. The van der Waals surface area contributed by atoms with Gasteiger partial charge < -0.3 is 11.1 Å². The van der Waals surface area contributed by atoms with Crippen molar-refractivity contribution in [2.75, 3.05) is 16.8 Å². The van der Waals surface area contributed by atoms with Crippen LogP contribution in [0.2, 0.25) is 0 Å². The fourth-order valence-corrected chi connectivity index (χ4v) is 2.38. The molecule has 2 aromatic heterocycles. The normalized spacial score (nSPS) is 10.6. The second kappa shape index (κ2) is 5.91. The Kier molecular flexibility index (Phi) is 4.23. The number of amides is 1. The molecule has 0 aromatic carbocycles. The Morgan fingerprint density at radius 1 is 1.40 bits per heavy atom. The second-order valence-corrected chi connectivity index (χ2v) is 5.31. The monoisotopic (exact) mass is 292 g/mol. The van der Waals surface area contributed by atoms with Crippen molar-refractivity contribution in [3.8, 4) is 0 Å². The van der Waals surface area contributed by atoms with Crippen LogP contribution in [0.5, 0.6) is 0 Å². The fraction of sp³-hybridized carbons (Fsp3) is 0.333. The van der Waals surface area contributed by atoms with Crippen LogP contribution in [0.3, 0.4) is 0 Å². The molecule has 0 unspecified atom stereocenters. The minimum atomic E-state index is -0.133. The van der Waals surface area contributed by atoms with Crippen LogP contribution >= 0.6 is 11.8 Å². The topological polar surface area (TPSA) is 110 Å². The predicted molar refractivity (Wildman–Crippen MR) is 78.6 cm³/mol. The van der Waals surface area contributed by atoms with Crippen LogP contribution in [-0.2, 0) is 4.79 Å². The van der Waals surface area contributed by atoms with Crippen LogP contribution in [0.15, 0.2) is 11.2 Å². The van der Waals surface area contributed by atoms with Gasteiger partial charge in [0.25, 0.3) is 0 Å². The lowest BCUT2D eigenvalue weighted by atomic mass is 10.3. The van der Waals surface area contributed by atoms with Gasteiger partial charge in [-0.3, -0.25) is 9.89 Å². The highest BCUT2D eigenvalue weighted by atomic mass is 32.2. The molecule has 0 aliphatic carbocycles. The van der Waals surface area contributed by atoms with Crippen LogP contribution in [0.1, 0.15) is 17.1 Å². The summed E-state index contributed by atoms with van der Waals surface area (Å²) < 4.78 is 0. The number of rotatable bonds is 4. The van der Waals surface area contributed by atoms with E-state index in [9.17, 15) is 4.79 Å². The van der Waals surface area contributed by atoms with E-state index < -0.39 is 0 Å².